The molecule has 5 N–H and O–H groups in total. The van der Waals surface area contributed by atoms with E-state index in [9.17, 15) is 5.11 Å². The van der Waals surface area contributed by atoms with Crippen LogP contribution in [0.25, 0.3) is 0 Å². The van der Waals surface area contributed by atoms with Crippen LogP contribution in [-0.2, 0) is 6.42 Å². The average Bonchev–Trinajstić information content (AvgIpc) is 2.04. The first-order valence-corrected chi connectivity index (χ1v) is 3.92. The van der Waals surface area contributed by atoms with Gasteiger partial charge in [-0.15, -0.1) is 0 Å². The molecule has 0 heterocycles. The minimum atomic E-state index is -0.159. The van der Waals surface area contributed by atoms with Crippen LogP contribution in [0.5, 0.6) is 5.75 Å². The summed E-state index contributed by atoms with van der Waals surface area (Å²) >= 11 is 0. The molecule has 0 unspecified atom stereocenters. The minimum Gasteiger partial charge on any atom is -0.507 e. The lowest BCUT2D eigenvalue weighted by molar-refractivity contribution is 0.299. The molecule has 0 saturated heterocycles. The van der Waals surface area contributed by atoms with Crippen molar-refractivity contribution in [1.29, 1.82) is 5.41 Å². The van der Waals surface area contributed by atoms with Crippen molar-refractivity contribution in [3.05, 3.63) is 29.3 Å². The summed E-state index contributed by atoms with van der Waals surface area (Å²) in [6.07, 6.45) is 0.492. The van der Waals surface area contributed by atoms with Gasteiger partial charge in [-0.25, -0.2) is 0 Å². The number of nitrogens with one attached hydrogen (secondary N) is 1. The largest absolute Gasteiger partial charge is 0.507 e. The lowest BCUT2D eigenvalue weighted by Gasteiger charge is -2.04. The van der Waals surface area contributed by atoms with Crippen LogP contribution < -0.4 is 5.73 Å². The molecular formula is C9H12N2O2. The Morgan fingerprint density at radius 2 is 2.15 bits per heavy atom. The summed E-state index contributed by atoms with van der Waals surface area (Å²) in [5.41, 5.74) is 6.36. The van der Waals surface area contributed by atoms with Crippen LogP contribution in [0.2, 0.25) is 0 Å². The summed E-state index contributed by atoms with van der Waals surface area (Å²) in [6.45, 7) is 0.0405. The van der Waals surface area contributed by atoms with E-state index >= 15 is 0 Å². The summed E-state index contributed by atoms with van der Waals surface area (Å²) in [6, 6.07) is 4.81. The lowest BCUT2D eigenvalue weighted by atomic mass is 10.1. The Bertz CT molecular complexity index is 323. The second-order valence-electron chi connectivity index (χ2n) is 2.74. The van der Waals surface area contributed by atoms with E-state index in [0.717, 1.165) is 5.56 Å². The molecule has 4 nitrogen and oxygen atoms in total. The summed E-state index contributed by atoms with van der Waals surface area (Å²) in [7, 11) is 0. The zero-order valence-electron chi connectivity index (χ0n) is 7.12. The predicted octanol–water partition coefficient (Wildman–Crippen LogP) is 0.211. The van der Waals surface area contributed by atoms with Gasteiger partial charge in [-0.05, 0) is 24.1 Å². The fourth-order valence-electron chi connectivity index (χ4n) is 1.09. The third kappa shape index (κ3) is 2.19. The second-order valence-corrected chi connectivity index (χ2v) is 2.74. The molecule has 0 spiro atoms. The highest BCUT2D eigenvalue weighted by Crippen LogP contribution is 2.18. The molecule has 70 valence electrons. The number of nitrogen functional groups attached to an aromatic ring is 1. The van der Waals surface area contributed by atoms with Crippen molar-refractivity contribution in [2.75, 3.05) is 6.61 Å². The van der Waals surface area contributed by atoms with Gasteiger partial charge >= 0.3 is 0 Å². The van der Waals surface area contributed by atoms with E-state index in [4.69, 9.17) is 16.2 Å². The quantitative estimate of drug-likeness (QED) is 0.396. The van der Waals surface area contributed by atoms with Gasteiger partial charge in [-0.2, -0.15) is 0 Å². The number of hydrogen-bond donors (Lipinski definition) is 4. The molecule has 0 atom stereocenters. The number of amidine groups is 1. The molecule has 0 aliphatic heterocycles. The monoisotopic (exact) mass is 180 g/mol. The molecule has 4 heteroatoms. The predicted molar refractivity (Wildman–Crippen MR) is 49.9 cm³/mol. The molecular weight excluding hydrogens is 168 g/mol. The number of hydrogen-bond acceptors (Lipinski definition) is 3. The first-order chi connectivity index (χ1) is 6.15. The van der Waals surface area contributed by atoms with Gasteiger partial charge in [0.1, 0.15) is 11.6 Å². The summed E-state index contributed by atoms with van der Waals surface area (Å²) in [4.78, 5) is 0. The zero-order valence-corrected chi connectivity index (χ0v) is 7.12. The highest BCUT2D eigenvalue weighted by molar-refractivity contribution is 5.97. The Labute approximate surface area is 76.1 Å². The third-order valence-corrected chi connectivity index (χ3v) is 1.75. The van der Waals surface area contributed by atoms with Crippen LogP contribution in [-0.4, -0.2) is 22.7 Å². The highest BCUT2D eigenvalue weighted by Gasteiger charge is 2.04. The van der Waals surface area contributed by atoms with Crippen LogP contribution in [0, 0.1) is 5.41 Å². The average molecular weight is 180 g/mol. The van der Waals surface area contributed by atoms with Gasteiger partial charge in [0, 0.05) is 6.61 Å². The van der Waals surface area contributed by atoms with Crippen molar-refractivity contribution in [3.8, 4) is 5.75 Å². The number of aliphatic hydroxyl groups is 1. The van der Waals surface area contributed by atoms with E-state index in [-0.39, 0.29) is 18.2 Å². The molecule has 0 bridgehead atoms. The zero-order chi connectivity index (χ0) is 9.84. The molecule has 1 aromatic rings. The molecule has 0 radical (unpaired) electrons. The molecule has 0 aliphatic carbocycles. The number of nitrogens with two attached hydrogens (primary N) is 1. The Morgan fingerprint density at radius 3 is 2.62 bits per heavy atom. The number of aliphatic hydroxyl groups excluding tert-OH is 1. The van der Waals surface area contributed by atoms with Gasteiger partial charge in [0.25, 0.3) is 0 Å². The number of aromatic hydroxyl groups is 1. The van der Waals surface area contributed by atoms with Gasteiger partial charge in [0.05, 0.1) is 5.56 Å². The highest BCUT2D eigenvalue weighted by atomic mass is 16.3. The molecule has 1 aromatic carbocycles. The van der Waals surface area contributed by atoms with Gasteiger partial charge in [-0.1, -0.05) is 6.07 Å². The second kappa shape index (κ2) is 3.91. The molecule has 0 amide bonds. The maximum absolute atomic E-state index is 9.39. The maximum Gasteiger partial charge on any atom is 0.126 e. The van der Waals surface area contributed by atoms with E-state index in [1.807, 2.05) is 0 Å². The van der Waals surface area contributed by atoms with Gasteiger partial charge < -0.3 is 15.9 Å². The van der Waals surface area contributed by atoms with E-state index in [1.54, 1.807) is 12.1 Å². The molecule has 0 aromatic heterocycles. The summed E-state index contributed by atoms with van der Waals surface area (Å²) in [5.74, 6) is -0.175. The van der Waals surface area contributed by atoms with Crippen molar-refractivity contribution in [3.63, 3.8) is 0 Å². The smallest absolute Gasteiger partial charge is 0.126 e. The van der Waals surface area contributed by atoms with Gasteiger partial charge in [0.15, 0.2) is 0 Å². The van der Waals surface area contributed by atoms with E-state index in [2.05, 4.69) is 0 Å². The van der Waals surface area contributed by atoms with Crippen LogP contribution in [0.15, 0.2) is 18.2 Å². The van der Waals surface area contributed by atoms with E-state index in [0.29, 0.717) is 12.0 Å². The fourth-order valence-corrected chi connectivity index (χ4v) is 1.09. The van der Waals surface area contributed by atoms with Crippen LogP contribution >= 0.6 is 0 Å². The van der Waals surface area contributed by atoms with Crippen molar-refractivity contribution in [2.45, 2.75) is 6.42 Å². The standard InChI is InChI=1S/C9H12N2O2/c10-9(11)7-2-1-6(3-4-12)5-8(7)13/h1-2,5,12-13H,3-4H2,(H3,10,11). The normalized spacial score (nSPS) is 9.92. The molecule has 0 aliphatic rings. The van der Waals surface area contributed by atoms with Gasteiger partial charge in [0.2, 0.25) is 0 Å². The molecule has 1 rings (SSSR count). The van der Waals surface area contributed by atoms with E-state index in [1.165, 1.54) is 6.07 Å². The van der Waals surface area contributed by atoms with Crippen molar-refractivity contribution in [2.24, 2.45) is 5.73 Å². The lowest BCUT2D eigenvalue weighted by Crippen LogP contribution is -2.11. The Balaban J connectivity index is 2.98. The SMILES string of the molecule is N=C(N)c1ccc(CCO)cc1O. The topological polar surface area (TPSA) is 90.3 Å². The number of benzene rings is 1. The number of rotatable bonds is 3. The molecule has 13 heavy (non-hydrogen) atoms. The fraction of sp³-hybridized carbons (Fsp3) is 0.222. The Kier molecular flexibility index (Phi) is 2.87. The number of phenolic OH excluding ortho intramolecular Hbond substituents is 1. The van der Waals surface area contributed by atoms with Crippen molar-refractivity contribution >= 4 is 5.84 Å². The van der Waals surface area contributed by atoms with Crippen molar-refractivity contribution < 1.29 is 10.2 Å². The van der Waals surface area contributed by atoms with E-state index < -0.39 is 0 Å². The molecule has 0 saturated carbocycles. The number of phenols is 1. The van der Waals surface area contributed by atoms with Crippen LogP contribution in [0.4, 0.5) is 0 Å². The maximum atomic E-state index is 9.39. The Hall–Kier alpha value is -1.55. The third-order valence-electron chi connectivity index (χ3n) is 1.75. The van der Waals surface area contributed by atoms with Crippen LogP contribution in [0.3, 0.4) is 0 Å². The first-order valence-electron chi connectivity index (χ1n) is 3.92. The Morgan fingerprint density at radius 1 is 1.46 bits per heavy atom. The summed E-state index contributed by atoms with van der Waals surface area (Å²) < 4.78 is 0. The van der Waals surface area contributed by atoms with Gasteiger partial charge in [-0.3, -0.25) is 5.41 Å². The van der Waals surface area contributed by atoms with Crippen LogP contribution in [0.1, 0.15) is 11.1 Å². The first kappa shape index (κ1) is 9.54. The van der Waals surface area contributed by atoms with Crippen molar-refractivity contribution in [1.82, 2.24) is 0 Å². The minimum absolute atomic E-state index is 0.0153. The molecule has 0 fully saturated rings. The summed E-state index contributed by atoms with van der Waals surface area (Å²) in [5, 5.41) is 25.1.